The number of halogens is 2. The molecular weight excluding hydrogens is 378 g/mol. The van der Waals surface area contributed by atoms with Crippen molar-refractivity contribution in [2.45, 2.75) is 31.7 Å². The number of anilines is 3. The highest BCUT2D eigenvalue weighted by molar-refractivity contribution is 5.89. The molecule has 1 fully saturated rings. The van der Waals surface area contributed by atoms with Gasteiger partial charge in [-0.3, -0.25) is 0 Å². The van der Waals surface area contributed by atoms with E-state index in [1.54, 1.807) is 6.20 Å². The Morgan fingerprint density at radius 2 is 1.90 bits per heavy atom. The highest BCUT2D eigenvalue weighted by atomic mass is 19.2. The van der Waals surface area contributed by atoms with E-state index in [-0.39, 0.29) is 5.69 Å². The van der Waals surface area contributed by atoms with Crippen LogP contribution in [0.25, 0.3) is 0 Å². The average Bonchev–Trinajstić information content (AvgIpc) is 2.70. The molecule has 1 aromatic heterocycles. The first kappa shape index (κ1) is 20.8. The summed E-state index contributed by atoms with van der Waals surface area (Å²) >= 11 is 0. The zero-order valence-corrected chi connectivity index (χ0v) is 16.6. The van der Waals surface area contributed by atoms with E-state index in [2.05, 4.69) is 25.9 Å². The normalized spacial score (nSPS) is 18.8. The van der Waals surface area contributed by atoms with Crippen molar-refractivity contribution in [1.82, 2.24) is 15.3 Å². The fraction of sp³-hybridized carbons (Fsp3) is 0.450. The topological polar surface area (TPSA) is 82.2 Å². The van der Waals surface area contributed by atoms with Crippen LogP contribution in [0.1, 0.15) is 25.7 Å². The summed E-state index contributed by atoms with van der Waals surface area (Å²) in [5.41, 5.74) is 0.217. The van der Waals surface area contributed by atoms with E-state index in [0.717, 1.165) is 43.6 Å². The standard InChI is InChI=1S/C20H26F2N6O/c1-28(2)18-9-10-23-19(27-18)25-14-5-3-13(4-6-14)12-24-20(29)26-15-7-8-16(21)17(22)11-15/h7-11,13-14H,3-6,12H2,1-2H3,(H,23,25,27)(H2,24,26,29)/t13-,14+. The minimum Gasteiger partial charge on any atom is -0.363 e. The highest BCUT2D eigenvalue weighted by Gasteiger charge is 2.22. The Bertz CT molecular complexity index is 839. The molecule has 3 N–H and O–H groups in total. The molecule has 7 nitrogen and oxygen atoms in total. The molecule has 9 heteroatoms. The number of nitrogens with zero attached hydrogens (tertiary/aromatic N) is 3. The SMILES string of the molecule is CN(C)c1ccnc(N[C@H]2CC[C@@H](CNC(=O)Nc3ccc(F)c(F)c3)CC2)n1. The second-order valence-corrected chi connectivity index (χ2v) is 7.46. The van der Waals surface area contributed by atoms with Gasteiger partial charge in [-0.05, 0) is 49.8 Å². The smallest absolute Gasteiger partial charge is 0.319 e. The van der Waals surface area contributed by atoms with Gasteiger partial charge in [0.05, 0.1) is 0 Å². The number of hydrogen-bond acceptors (Lipinski definition) is 5. The third-order valence-corrected chi connectivity index (χ3v) is 5.01. The summed E-state index contributed by atoms with van der Waals surface area (Å²) in [6.45, 7) is 0.537. The molecular formula is C20H26F2N6O. The van der Waals surface area contributed by atoms with E-state index >= 15 is 0 Å². The molecule has 29 heavy (non-hydrogen) atoms. The summed E-state index contributed by atoms with van der Waals surface area (Å²) in [5.74, 6) is -0.0808. The van der Waals surface area contributed by atoms with Crippen LogP contribution in [0.2, 0.25) is 0 Å². The Kier molecular flexibility index (Phi) is 6.79. The molecule has 156 valence electrons. The van der Waals surface area contributed by atoms with Crippen LogP contribution in [0.5, 0.6) is 0 Å². The van der Waals surface area contributed by atoms with Crippen LogP contribution >= 0.6 is 0 Å². The molecule has 0 radical (unpaired) electrons. The zero-order valence-electron chi connectivity index (χ0n) is 16.6. The predicted octanol–water partition coefficient (Wildman–Crippen LogP) is 3.61. The summed E-state index contributed by atoms with van der Waals surface area (Å²) in [6, 6.07) is 5.00. The van der Waals surface area contributed by atoms with Gasteiger partial charge in [0.2, 0.25) is 5.95 Å². The molecule has 0 bridgehead atoms. The van der Waals surface area contributed by atoms with Crippen molar-refractivity contribution in [3.05, 3.63) is 42.1 Å². The predicted molar refractivity (Wildman–Crippen MR) is 109 cm³/mol. The number of carbonyl (C=O) groups excluding carboxylic acids is 1. The van der Waals surface area contributed by atoms with Gasteiger partial charge >= 0.3 is 6.03 Å². The second kappa shape index (κ2) is 9.49. The Balaban J connectivity index is 1.40. The molecule has 1 aliphatic carbocycles. The van der Waals surface area contributed by atoms with E-state index in [0.29, 0.717) is 24.5 Å². The van der Waals surface area contributed by atoms with E-state index in [1.165, 1.54) is 6.07 Å². The number of benzene rings is 1. The minimum atomic E-state index is -0.992. The van der Waals surface area contributed by atoms with Crippen molar-refractivity contribution in [3.63, 3.8) is 0 Å². The number of carbonyl (C=O) groups is 1. The van der Waals surface area contributed by atoms with Crippen molar-refractivity contribution in [2.75, 3.05) is 36.2 Å². The van der Waals surface area contributed by atoms with Gasteiger partial charge in [0, 0.05) is 44.6 Å². The third kappa shape index (κ3) is 6.00. The van der Waals surface area contributed by atoms with Crippen LogP contribution in [0.3, 0.4) is 0 Å². The van der Waals surface area contributed by atoms with Gasteiger partial charge in [0.1, 0.15) is 5.82 Å². The zero-order chi connectivity index (χ0) is 20.8. The summed E-state index contributed by atoms with van der Waals surface area (Å²) in [6.07, 6.45) is 5.61. The van der Waals surface area contributed by atoms with E-state index in [1.807, 2.05) is 25.1 Å². The fourth-order valence-corrected chi connectivity index (χ4v) is 3.35. The highest BCUT2D eigenvalue weighted by Crippen LogP contribution is 2.26. The summed E-state index contributed by atoms with van der Waals surface area (Å²) in [4.78, 5) is 22.7. The Labute approximate surface area is 168 Å². The second-order valence-electron chi connectivity index (χ2n) is 7.46. The van der Waals surface area contributed by atoms with Crippen molar-refractivity contribution < 1.29 is 13.6 Å². The summed E-state index contributed by atoms with van der Waals surface area (Å²) in [5, 5.41) is 8.71. The molecule has 0 unspecified atom stereocenters. The molecule has 1 saturated carbocycles. The first-order chi connectivity index (χ1) is 13.9. The van der Waals surface area contributed by atoms with Crippen LogP contribution in [-0.4, -0.2) is 42.7 Å². The van der Waals surface area contributed by atoms with Gasteiger partial charge in [-0.25, -0.2) is 18.6 Å². The van der Waals surface area contributed by atoms with Crippen LogP contribution in [0, 0.1) is 17.6 Å². The van der Waals surface area contributed by atoms with Crippen molar-refractivity contribution in [2.24, 2.45) is 5.92 Å². The lowest BCUT2D eigenvalue weighted by atomic mass is 9.86. The third-order valence-electron chi connectivity index (χ3n) is 5.01. The average molecular weight is 404 g/mol. The Morgan fingerprint density at radius 3 is 2.59 bits per heavy atom. The molecule has 3 rings (SSSR count). The Morgan fingerprint density at radius 1 is 1.14 bits per heavy atom. The molecule has 1 aromatic carbocycles. The largest absolute Gasteiger partial charge is 0.363 e. The lowest BCUT2D eigenvalue weighted by Crippen LogP contribution is -2.36. The number of amides is 2. The van der Waals surface area contributed by atoms with Gasteiger partial charge in [-0.15, -0.1) is 0 Å². The quantitative estimate of drug-likeness (QED) is 0.685. The maximum atomic E-state index is 13.2. The summed E-state index contributed by atoms with van der Waals surface area (Å²) in [7, 11) is 3.88. The summed E-state index contributed by atoms with van der Waals surface area (Å²) < 4.78 is 26.1. The van der Waals surface area contributed by atoms with Crippen LogP contribution in [0.4, 0.5) is 31.0 Å². The molecule has 0 spiro atoms. The maximum Gasteiger partial charge on any atom is 0.319 e. The number of urea groups is 1. The van der Waals surface area contributed by atoms with Gasteiger partial charge in [-0.2, -0.15) is 4.98 Å². The number of aromatic nitrogens is 2. The number of rotatable bonds is 6. The lowest BCUT2D eigenvalue weighted by molar-refractivity contribution is 0.246. The Hall–Kier alpha value is -2.97. The molecule has 0 saturated heterocycles. The van der Waals surface area contributed by atoms with Crippen LogP contribution in [-0.2, 0) is 0 Å². The van der Waals surface area contributed by atoms with Crippen molar-refractivity contribution >= 4 is 23.5 Å². The van der Waals surface area contributed by atoms with Gasteiger partial charge in [0.15, 0.2) is 11.6 Å². The fourth-order valence-electron chi connectivity index (χ4n) is 3.35. The van der Waals surface area contributed by atoms with Crippen molar-refractivity contribution in [1.29, 1.82) is 0 Å². The number of nitrogens with one attached hydrogen (secondary N) is 3. The molecule has 2 amide bonds. The number of hydrogen-bond donors (Lipinski definition) is 3. The van der Waals surface area contributed by atoms with Crippen LogP contribution in [0.15, 0.2) is 30.5 Å². The monoisotopic (exact) mass is 404 g/mol. The molecule has 0 atom stereocenters. The van der Waals surface area contributed by atoms with Gasteiger partial charge < -0.3 is 20.9 Å². The first-order valence-corrected chi connectivity index (χ1v) is 9.67. The first-order valence-electron chi connectivity index (χ1n) is 9.67. The molecule has 1 heterocycles. The molecule has 2 aromatic rings. The molecule has 1 aliphatic rings. The maximum absolute atomic E-state index is 13.2. The van der Waals surface area contributed by atoms with Gasteiger partial charge in [0.25, 0.3) is 0 Å². The molecule has 0 aliphatic heterocycles. The van der Waals surface area contributed by atoms with E-state index in [9.17, 15) is 13.6 Å². The lowest BCUT2D eigenvalue weighted by Gasteiger charge is -2.29. The van der Waals surface area contributed by atoms with E-state index < -0.39 is 17.7 Å². The van der Waals surface area contributed by atoms with Crippen molar-refractivity contribution in [3.8, 4) is 0 Å². The minimum absolute atomic E-state index is 0.217. The van der Waals surface area contributed by atoms with Gasteiger partial charge in [-0.1, -0.05) is 0 Å². The van der Waals surface area contributed by atoms with Crippen LogP contribution < -0.4 is 20.9 Å². The van der Waals surface area contributed by atoms with E-state index in [4.69, 9.17) is 0 Å².